The molecule has 1 aliphatic rings. The Labute approximate surface area is 130 Å². The van der Waals surface area contributed by atoms with Crippen molar-refractivity contribution < 1.29 is 19.1 Å². The molecule has 1 aromatic rings. The Morgan fingerprint density at radius 3 is 2.73 bits per heavy atom. The van der Waals surface area contributed by atoms with Crippen LogP contribution in [-0.4, -0.2) is 45.2 Å². The first-order chi connectivity index (χ1) is 10.6. The van der Waals surface area contributed by atoms with Gasteiger partial charge in [-0.25, -0.2) is 0 Å². The molecular formula is C16H22N2O4. The van der Waals surface area contributed by atoms with Crippen molar-refractivity contribution in [3.05, 3.63) is 24.3 Å². The number of carbonyl (C=O) groups excluding carboxylic acids is 2. The fourth-order valence-corrected chi connectivity index (χ4v) is 2.43. The molecule has 0 spiro atoms. The normalized spacial score (nSPS) is 17.6. The third kappa shape index (κ3) is 4.21. The molecule has 2 amide bonds. The number of methoxy groups -OCH3 is 1. The zero-order valence-electron chi connectivity index (χ0n) is 13.0. The van der Waals surface area contributed by atoms with Crippen LogP contribution >= 0.6 is 0 Å². The number of nitrogens with zero attached hydrogens (tertiary/aromatic N) is 1. The third-order valence-electron chi connectivity index (χ3n) is 3.61. The Balaban J connectivity index is 1.86. The van der Waals surface area contributed by atoms with Crippen molar-refractivity contribution in [3.63, 3.8) is 0 Å². The Morgan fingerprint density at radius 1 is 1.36 bits per heavy atom. The molecule has 0 aliphatic carbocycles. The molecule has 120 valence electrons. The maximum atomic E-state index is 12.1. The van der Waals surface area contributed by atoms with Crippen LogP contribution in [0.5, 0.6) is 5.75 Å². The van der Waals surface area contributed by atoms with E-state index in [0.717, 1.165) is 11.4 Å². The van der Waals surface area contributed by atoms with Crippen molar-refractivity contribution in [1.29, 1.82) is 0 Å². The topological polar surface area (TPSA) is 67.9 Å². The number of rotatable bonds is 7. The van der Waals surface area contributed by atoms with Crippen molar-refractivity contribution in [2.24, 2.45) is 5.92 Å². The van der Waals surface area contributed by atoms with E-state index in [4.69, 9.17) is 9.47 Å². The van der Waals surface area contributed by atoms with Crippen LogP contribution in [0.4, 0.5) is 5.69 Å². The van der Waals surface area contributed by atoms with Crippen molar-refractivity contribution in [1.82, 2.24) is 5.32 Å². The highest BCUT2D eigenvalue weighted by molar-refractivity contribution is 5.95. The molecule has 0 radical (unpaired) electrons. The summed E-state index contributed by atoms with van der Waals surface area (Å²) < 4.78 is 10.2. The van der Waals surface area contributed by atoms with Crippen LogP contribution in [0.3, 0.4) is 0 Å². The van der Waals surface area contributed by atoms with Gasteiger partial charge in [-0.15, -0.1) is 0 Å². The molecule has 1 saturated heterocycles. The summed E-state index contributed by atoms with van der Waals surface area (Å²) in [5.41, 5.74) is 0.856. The molecule has 1 heterocycles. The smallest absolute Gasteiger partial charge is 0.246 e. The maximum Gasteiger partial charge on any atom is 0.246 e. The Bertz CT molecular complexity index is 515. The molecule has 1 fully saturated rings. The second kappa shape index (κ2) is 7.79. The number of hydrogen-bond acceptors (Lipinski definition) is 4. The Hall–Kier alpha value is -2.08. The molecule has 2 rings (SSSR count). The average Bonchev–Trinajstić information content (AvgIpc) is 2.92. The molecule has 1 N–H and O–H groups in total. The van der Waals surface area contributed by atoms with Gasteiger partial charge in [-0.1, -0.05) is 0 Å². The number of amides is 2. The summed E-state index contributed by atoms with van der Waals surface area (Å²) in [5.74, 6) is 0.821. The molecule has 1 aromatic carbocycles. The van der Waals surface area contributed by atoms with E-state index >= 15 is 0 Å². The van der Waals surface area contributed by atoms with Gasteiger partial charge in [-0.2, -0.15) is 0 Å². The number of carbonyl (C=O) groups is 2. The Kier molecular flexibility index (Phi) is 5.77. The molecule has 6 heteroatoms. The number of benzene rings is 1. The largest absolute Gasteiger partial charge is 0.497 e. The quantitative estimate of drug-likeness (QED) is 0.822. The van der Waals surface area contributed by atoms with Gasteiger partial charge >= 0.3 is 0 Å². The number of ether oxygens (including phenoxy) is 2. The molecule has 0 bridgehead atoms. The van der Waals surface area contributed by atoms with Crippen molar-refractivity contribution in [2.45, 2.75) is 13.3 Å². The van der Waals surface area contributed by atoms with Crippen LogP contribution < -0.4 is 15.0 Å². The van der Waals surface area contributed by atoms with E-state index in [1.54, 1.807) is 12.0 Å². The predicted octanol–water partition coefficient (Wildman–Crippen LogP) is 1.20. The summed E-state index contributed by atoms with van der Waals surface area (Å²) in [4.78, 5) is 25.4. The number of anilines is 1. The fourth-order valence-electron chi connectivity index (χ4n) is 2.43. The summed E-state index contributed by atoms with van der Waals surface area (Å²) in [6.07, 6.45) is 0.445. The van der Waals surface area contributed by atoms with Gasteiger partial charge < -0.3 is 19.7 Å². The molecule has 1 aliphatic heterocycles. The van der Waals surface area contributed by atoms with Gasteiger partial charge in [0.15, 0.2) is 0 Å². The Morgan fingerprint density at radius 2 is 2.09 bits per heavy atom. The van der Waals surface area contributed by atoms with Gasteiger partial charge in [0.1, 0.15) is 12.4 Å². The molecule has 22 heavy (non-hydrogen) atoms. The van der Waals surface area contributed by atoms with E-state index in [2.05, 4.69) is 5.32 Å². The van der Waals surface area contributed by atoms with E-state index in [-0.39, 0.29) is 24.3 Å². The van der Waals surface area contributed by atoms with Crippen LogP contribution in [0.25, 0.3) is 0 Å². The van der Waals surface area contributed by atoms with Gasteiger partial charge in [0.05, 0.1) is 7.11 Å². The zero-order chi connectivity index (χ0) is 15.9. The van der Waals surface area contributed by atoms with Crippen LogP contribution in [-0.2, 0) is 14.3 Å². The summed E-state index contributed by atoms with van der Waals surface area (Å²) >= 11 is 0. The van der Waals surface area contributed by atoms with Crippen LogP contribution in [0.15, 0.2) is 24.3 Å². The minimum absolute atomic E-state index is 0.0688. The molecular weight excluding hydrogens is 284 g/mol. The first kappa shape index (κ1) is 16.3. The molecule has 1 unspecified atom stereocenters. The highest BCUT2D eigenvalue weighted by atomic mass is 16.5. The van der Waals surface area contributed by atoms with Crippen molar-refractivity contribution in [2.75, 3.05) is 38.3 Å². The summed E-state index contributed by atoms with van der Waals surface area (Å²) in [5, 5.41) is 2.81. The third-order valence-corrected chi connectivity index (χ3v) is 3.61. The van der Waals surface area contributed by atoms with Gasteiger partial charge in [0.2, 0.25) is 11.8 Å². The van der Waals surface area contributed by atoms with Gasteiger partial charge in [-0.05, 0) is 31.2 Å². The van der Waals surface area contributed by atoms with Crippen molar-refractivity contribution in [3.8, 4) is 5.75 Å². The van der Waals surface area contributed by atoms with Crippen LogP contribution in [0, 0.1) is 5.92 Å². The summed E-state index contributed by atoms with van der Waals surface area (Å²) in [6.45, 7) is 3.53. The molecule has 1 atom stereocenters. The van der Waals surface area contributed by atoms with E-state index in [0.29, 0.717) is 26.1 Å². The second-order valence-corrected chi connectivity index (χ2v) is 5.21. The lowest BCUT2D eigenvalue weighted by atomic mass is 10.1. The monoisotopic (exact) mass is 306 g/mol. The zero-order valence-corrected chi connectivity index (χ0v) is 13.0. The standard InChI is InChI=1S/C16H22N2O4/c1-3-22-11-15(19)17-9-12-8-16(20)18(10-12)13-4-6-14(21-2)7-5-13/h4-7,12H,3,8-11H2,1-2H3,(H,17,19). The van der Waals surface area contributed by atoms with Crippen molar-refractivity contribution >= 4 is 17.5 Å². The average molecular weight is 306 g/mol. The highest BCUT2D eigenvalue weighted by Gasteiger charge is 2.30. The van der Waals surface area contributed by atoms with E-state index in [9.17, 15) is 9.59 Å². The molecule has 6 nitrogen and oxygen atoms in total. The van der Waals surface area contributed by atoms with Crippen LogP contribution in [0.1, 0.15) is 13.3 Å². The predicted molar refractivity (Wildman–Crippen MR) is 83.0 cm³/mol. The first-order valence-electron chi connectivity index (χ1n) is 7.43. The van der Waals surface area contributed by atoms with Gasteiger partial charge in [-0.3, -0.25) is 9.59 Å². The SMILES string of the molecule is CCOCC(=O)NCC1CC(=O)N(c2ccc(OC)cc2)C1. The van der Waals surface area contributed by atoms with Gasteiger partial charge in [0, 0.05) is 37.7 Å². The highest BCUT2D eigenvalue weighted by Crippen LogP contribution is 2.26. The fraction of sp³-hybridized carbons (Fsp3) is 0.500. The number of nitrogens with one attached hydrogen (secondary N) is 1. The minimum Gasteiger partial charge on any atom is -0.497 e. The second-order valence-electron chi connectivity index (χ2n) is 5.21. The van der Waals surface area contributed by atoms with E-state index in [1.165, 1.54) is 0 Å². The van der Waals surface area contributed by atoms with E-state index in [1.807, 2.05) is 31.2 Å². The van der Waals surface area contributed by atoms with Gasteiger partial charge in [0.25, 0.3) is 0 Å². The summed E-state index contributed by atoms with van der Waals surface area (Å²) in [6, 6.07) is 7.40. The first-order valence-corrected chi connectivity index (χ1v) is 7.43. The lowest BCUT2D eigenvalue weighted by molar-refractivity contribution is -0.125. The minimum atomic E-state index is -0.141. The molecule has 0 saturated carbocycles. The summed E-state index contributed by atoms with van der Waals surface area (Å²) in [7, 11) is 1.61. The lowest BCUT2D eigenvalue weighted by Gasteiger charge is -2.17. The maximum absolute atomic E-state index is 12.1. The van der Waals surface area contributed by atoms with Crippen LogP contribution in [0.2, 0.25) is 0 Å². The lowest BCUT2D eigenvalue weighted by Crippen LogP contribution is -2.33. The number of hydrogen-bond donors (Lipinski definition) is 1. The van der Waals surface area contributed by atoms with E-state index < -0.39 is 0 Å². The molecule has 0 aromatic heterocycles.